The molecular weight excluding hydrogens is 352 g/mol. The number of nitrogens with zero attached hydrogens (tertiary/aromatic N) is 4. The Kier molecular flexibility index (Phi) is 5.85. The van der Waals surface area contributed by atoms with Gasteiger partial charge in [-0.3, -0.25) is 4.79 Å². The minimum atomic E-state index is 0.183. The highest BCUT2D eigenvalue weighted by atomic mass is 16.5. The van der Waals surface area contributed by atoms with Gasteiger partial charge in [0.1, 0.15) is 11.6 Å². The fourth-order valence-corrected chi connectivity index (χ4v) is 5.13. The summed E-state index contributed by atoms with van der Waals surface area (Å²) in [5, 5.41) is 0. The van der Waals surface area contributed by atoms with Crippen LogP contribution < -0.4 is 4.90 Å². The highest BCUT2D eigenvalue weighted by Gasteiger charge is 2.30. The molecule has 6 nitrogen and oxygen atoms in total. The summed E-state index contributed by atoms with van der Waals surface area (Å²) in [6.07, 6.45) is 8.23. The molecular formula is C22H34N4O2. The maximum Gasteiger partial charge on any atom is 0.222 e. The van der Waals surface area contributed by atoms with Gasteiger partial charge in [0.2, 0.25) is 5.91 Å². The van der Waals surface area contributed by atoms with Gasteiger partial charge in [0.15, 0.2) is 0 Å². The quantitative estimate of drug-likeness (QED) is 0.795. The number of carbonyl (C=O) groups is 1. The highest BCUT2D eigenvalue weighted by molar-refractivity contribution is 5.76. The lowest BCUT2D eigenvalue weighted by Gasteiger charge is -2.39. The van der Waals surface area contributed by atoms with Crippen LogP contribution in [0.3, 0.4) is 0 Å². The van der Waals surface area contributed by atoms with Gasteiger partial charge in [0.25, 0.3) is 0 Å². The number of aryl methyl sites for hydroxylation is 1. The molecule has 3 aliphatic rings. The molecule has 0 radical (unpaired) electrons. The Morgan fingerprint density at radius 2 is 1.86 bits per heavy atom. The fraction of sp³-hybridized carbons (Fsp3) is 0.773. The highest BCUT2D eigenvalue weighted by Crippen LogP contribution is 2.31. The standard InChI is InChI=1S/C22H34N4O2/c1-15-12-26(13-16(2)28-15)22-19-14-25(11-10-20(19)23-17(3)24-22)21(27)9-8-18-6-4-5-7-18/h15-16,18H,4-14H2,1-3H3/t15-,16-/m0/s1. The van der Waals surface area contributed by atoms with Gasteiger partial charge in [-0.15, -0.1) is 0 Å². The Morgan fingerprint density at radius 3 is 2.57 bits per heavy atom. The molecule has 154 valence electrons. The maximum atomic E-state index is 12.9. The Morgan fingerprint density at radius 1 is 1.14 bits per heavy atom. The third-order valence-corrected chi connectivity index (χ3v) is 6.46. The Hall–Kier alpha value is -1.69. The van der Waals surface area contributed by atoms with E-state index in [1.807, 2.05) is 11.8 Å². The Bertz CT molecular complexity index is 707. The van der Waals surface area contributed by atoms with E-state index in [2.05, 4.69) is 18.7 Å². The van der Waals surface area contributed by atoms with Crippen molar-refractivity contribution >= 4 is 11.7 Å². The van der Waals surface area contributed by atoms with Crippen molar-refractivity contribution in [2.24, 2.45) is 5.92 Å². The molecule has 1 aliphatic carbocycles. The first-order valence-corrected chi connectivity index (χ1v) is 11.0. The third-order valence-electron chi connectivity index (χ3n) is 6.46. The van der Waals surface area contributed by atoms with Crippen LogP contribution in [0.1, 0.15) is 69.5 Å². The number of aromatic nitrogens is 2. The van der Waals surface area contributed by atoms with Crippen molar-refractivity contribution in [2.75, 3.05) is 24.5 Å². The molecule has 6 heteroatoms. The average Bonchev–Trinajstić information content (AvgIpc) is 3.18. The van der Waals surface area contributed by atoms with Gasteiger partial charge < -0.3 is 14.5 Å². The van der Waals surface area contributed by atoms with Crippen LogP contribution in [-0.4, -0.2) is 52.6 Å². The molecule has 0 bridgehead atoms. The number of anilines is 1. The predicted octanol–water partition coefficient (Wildman–Crippen LogP) is 3.25. The molecule has 1 saturated heterocycles. The average molecular weight is 387 g/mol. The number of fused-ring (bicyclic) bond motifs is 1. The lowest BCUT2D eigenvalue weighted by atomic mass is 10.00. The second kappa shape index (κ2) is 8.36. The van der Waals surface area contributed by atoms with Gasteiger partial charge in [-0.25, -0.2) is 9.97 Å². The first kappa shape index (κ1) is 19.6. The first-order valence-electron chi connectivity index (χ1n) is 11.0. The first-order chi connectivity index (χ1) is 13.5. The van der Waals surface area contributed by atoms with Crippen LogP contribution in [0.5, 0.6) is 0 Å². The molecule has 4 rings (SSSR count). The van der Waals surface area contributed by atoms with Crippen molar-refractivity contribution in [3.8, 4) is 0 Å². The summed E-state index contributed by atoms with van der Waals surface area (Å²) in [6.45, 7) is 9.29. The fourth-order valence-electron chi connectivity index (χ4n) is 5.13. The summed E-state index contributed by atoms with van der Waals surface area (Å²) >= 11 is 0. The van der Waals surface area contributed by atoms with Crippen LogP contribution in [0, 0.1) is 12.8 Å². The van der Waals surface area contributed by atoms with E-state index in [1.54, 1.807) is 0 Å². The smallest absolute Gasteiger partial charge is 0.222 e. The minimum Gasteiger partial charge on any atom is -0.372 e. The summed E-state index contributed by atoms with van der Waals surface area (Å²) in [5.41, 5.74) is 2.27. The zero-order valence-electron chi connectivity index (χ0n) is 17.6. The van der Waals surface area contributed by atoms with E-state index in [0.717, 1.165) is 61.3 Å². The van der Waals surface area contributed by atoms with Crippen LogP contribution in [0.4, 0.5) is 5.82 Å². The molecule has 1 amide bonds. The SMILES string of the molecule is Cc1nc2c(c(N3C[C@H](C)O[C@@H](C)C3)n1)CN(C(=O)CCC1CCCC1)CC2. The van der Waals surface area contributed by atoms with Crippen LogP contribution in [0.25, 0.3) is 0 Å². The van der Waals surface area contributed by atoms with Gasteiger partial charge in [-0.05, 0) is 33.1 Å². The molecule has 3 heterocycles. The topological polar surface area (TPSA) is 58.6 Å². The number of hydrogen-bond acceptors (Lipinski definition) is 5. The van der Waals surface area contributed by atoms with E-state index in [-0.39, 0.29) is 12.2 Å². The lowest BCUT2D eigenvalue weighted by molar-refractivity contribution is -0.132. The van der Waals surface area contributed by atoms with Crippen LogP contribution >= 0.6 is 0 Å². The van der Waals surface area contributed by atoms with E-state index in [1.165, 1.54) is 25.7 Å². The van der Waals surface area contributed by atoms with E-state index in [9.17, 15) is 4.79 Å². The molecule has 2 aliphatic heterocycles. The molecule has 28 heavy (non-hydrogen) atoms. The van der Waals surface area contributed by atoms with Crippen molar-refractivity contribution < 1.29 is 9.53 Å². The van der Waals surface area contributed by atoms with E-state index in [4.69, 9.17) is 14.7 Å². The van der Waals surface area contributed by atoms with E-state index >= 15 is 0 Å². The lowest BCUT2D eigenvalue weighted by Crippen LogP contribution is -2.47. The number of carbonyl (C=O) groups excluding carboxylic acids is 1. The van der Waals surface area contributed by atoms with Crippen molar-refractivity contribution in [3.05, 3.63) is 17.1 Å². The van der Waals surface area contributed by atoms with E-state index < -0.39 is 0 Å². The summed E-state index contributed by atoms with van der Waals surface area (Å²) in [7, 11) is 0. The molecule has 0 spiro atoms. The molecule has 0 N–H and O–H groups in total. The Balaban J connectivity index is 1.49. The zero-order chi connectivity index (χ0) is 19.7. The predicted molar refractivity (Wildman–Crippen MR) is 109 cm³/mol. The molecule has 0 aromatic carbocycles. The number of ether oxygens (including phenoxy) is 1. The van der Waals surface area contributed by atoms with Crippen molar-refractivity contribution in [3.63, 3.8) is 0 Å². The molecule has 1 aromatic heterocycles. The summed E-state index contributed by atoms with van der Waals surface area (Å²) in [5.74, 6) is 2.89. The van der Waals surface area contributed by atoms with Gasteiger partial charge in [0.05, 0.1) is 24.4 Å². The second-order valence-corrected chi connectivity index (χ2v) is 8.94. The van der Waals surface area contributed by atoms with Gasteiger partial charge in [-0.2, -0.15) is 0 Å². The van der Waals surface area contributed by atoms with E-state index in [0.29, 0.717) is 18.9 Å². The largest absolute Gasteiger partial charge is 0.372 e. The maximum absolute atomic E-state index is 12.9. The summed E-state index contributed by atoms with van der Waals surface area (Å²) in [6, 6.07) is 0. The normalized spacial score (nSPS) is 25.8. The molecule has 1 saturated carbocycles. The number of rotatable bonds is 4. The van der Waals surface area contributed by atoms with Gasteiger partial charge in [-0.1, -0.05) is 25.7 Å². The number of hydrogen-bond donors (Lipinski definition) is 0. The van der Waals surface area contributed by atoms with Gasteiger partial charge in [0, 0.05) is 38.0 Å². The number of amides is 1. The van der Waals surface area contributed by atoms with Crippen LogP contribution in [-0.2, 0) is 22.5 Å². The molecule has 2 fully saturated rings. The monoisotopic (exact) mass is 386 g/mol. The molecule has 0 unspecified atom stereocenters. The van der Waals surface area contributed by atoms with Crippen LogP contribution in [0.2, 0.25) is 0 Å². The van der Waals surface area contributed by atoms with Crippen molar-refractivity contribution in [2.45, 2.75) is 84.5 Å². The number of morpholine rings is 1. The minimum absolute atomic E-state index is 0.183. The van der Waals surface area contributed by atoms with Crippen molar-refractivity contribution in [1.29, 1.82) is 0 Å². The molecule has 1 aromatic rings. The third kappa shape index (κ3) is 4.32. The zero-order valence-corrected chi connectivity index (χ0v) is 17.6. The Labute approximate surface area is 168 Å². The summed E-state index contributed by atoms with van der Waals surface area (Å²) in [4.78, 5) is 26.7. The second-order valence-electron chi connectivity index (χ2n) is 8.94. The molecule has 2 atom stereocenters. The van der Waals surface area contributed by atoms with Gasteiger partial charge >= 0.3 is 0 Å². The summed E-state index contributed by atoms with van der Waals surface area (Å²) < 4.78 is 5.90. The van der Waals surface area contributed by atoms with Crippen molar-refractivity contribution in [1.82, 2.24) is 14.9 Å². The van der Waals surface area contributed by atoms with Crippen LogP contribution in [0.15, 0.2) is 0 Å².